The normalized spacial score (nSPS) is 13.6. The number of carbonyl (C=O) groups is 2. The zero-order valence-corrected chi connectivity index (χ0v) is 34.9. The van der Waals surface area contributed by atoms with Gasteiger partial charge in [-0.25, -0.2) is 9.48 Å². The minimum absolute atomic E-state index is 0.148. The van der Waals surface area contributed by atoms with E-state index in [1.54, 1.807) is 19.1 Å². The van der Waals surface area contributed by atoms with Crippen molar-refractivity contribution >= 4 is 23.0 Å². The number of rotatable bonds is 14. The van der Waals surface area contributed by atoms with Crippen molar-refractivity contribution in [3.8, 4) is 23.2 Å². The summed E-state index contributed by atoms with van der Waals surface area (Å²) in [6.45, 7) is 6.26. The number of imidazole rings is 1. The molecule has 0 amide bonds. The Kier molecular flexibility index (Phi) is 11.2. The van der Waals surface area contributed by atoms with Gasteiger partial charge in [0.1, 0.15) is 5.54 Å². The van der Waals surface area contributed by atoms with Gasteiger partial charge in [0, 0.05) is 18.8 Å². The summed E-state index contributed by atoms with van der Waals surface area (Å²) in [6, 6.07) is 47.0. The fraction of sp³-hybridized carbons (Fsp3) is 0.240. The lowest BCUT2D eigenvalue weighted by atomic mass is 9.77. The molecule has 3 heterocycles. The molecule has 1 aliphatic rings. The molecule has 8 aromatic rings. The maximum atomic E-state index is 13.7. The zero-order valence-electron chi connectivity index (χ0n) is 34.9. The highest BCUT2D eigenvalue weighted by Gasteiger charge is 2.42. The van der Waals surface area contributed by atoms with Crippen LogP contribution in [0.3, 0.4) is 0 Å². The molecule has 0 radical (unpaired) electrons. The summed E-state index contributed by atoms with van der Waals surface area (Å²) in [4.78, 5) is 31.1. The van der Waals surface area contributed by atoms with Crippen LogP contribution in [0.2, 0.25) is 0 Å². The third-order valence-electron chi connectivity index (χ3n) is 11.6. The van der Waals surface area contributed by atoms with E-state index in [9.17, 15) is 9.59 Å². The summed E-state index contributed by atoms with van der Waals surface area (Å²) in [5.41, 5.74) is 7.27. The van der Waals surface area contributed by atoms with Crippen LogP contribution in [0.25, 0.3) is 28.2 Å². The molecule has 0 bridgehead atoms. The highest BCUT2D eigenvalue weighted by atomic mass is 16.7. The second-order valence-corrected chi connectivity index (χ2v) is 15.6. The van der Waals surface area contributed by atoms with E-state index in [2.05, 4.69) is 77.5 Å². The second kappa shape index (κ2) is 17.3. The summed E-state index contributed by atoms with van der Waals surface area (Å²) in [5, 5.41) is 13.8. The summed E-state index contributed by atoms with van der Waals surface area (Å²) in [6.07, 6.45) is 4.63. The molecule has 0 aliphatic heterocycles. The van der Waals surface area contributed by atoms with E-state index in [0.717, 1.165) is 64.9 Å². The van der Waals surface area contributed by atoms with Gasteiger partial charge < -0.3 is 18.8 Å². The molecule has 0 N–H and O–H groups in total. The molecule has 3 aromatic heterocycles. The van der Waals surface area contributed by atoms with E-state index in [4.69, 9.17) is 29.5 Å². The predicted molar refractivity (Wildman–Crippen MR) is 235 cm³/mol. The molecule has 12 heteroatoms. The standard InChI is InChI=1S/C50H47N7O5/c1-4-60-49-51-43-26-16-25-42(48(59)62-35(3)61-47(58)37-17-14-15-18-37)45(43)56(49)33-36-27-29-41(30-28-36)55-32-34(2)31-44(55)46-52-53-54-57(46)50(38-19-8-5-9-20-38,39-21-10-6-11-22-39)40-23-12-7-13-24-40/h5-13,16,19-32,35,37H,4,14-15,17-18,33H2,1-3H3. The van der Waals surface area contributed by atoms with Crippen molar-refractivity contribution in [1.82, 2.24) is 34.3 Å². The van der Waals surface area contributed by atoms with Crippen LogP contribution in [0.1, 0.15) is 77.7 Å². The Bertz CT molecular complexity index is 2710. The number of ether oxygens (including phenoxy) is 3. The number of hydrogen-bond donors (Lipinski definition) is 0. The van der Waals surface area contributed by atoms with Crippen LogP contribution in [0.5, 0.6) is 6.01 Å². The molecule has 0 saturated heterocycles. The lowest BCUT2D eigenvalue weighted by molar-refractivity contribution is -0.170. The molecular weight excluding hydrogens is 779 g/mol. The van der Waals surface area contributed by atoms with Crippen LogP contribution in [0.15, 0.2) is 146 Å². The van der Waals surface area contributed by atoms with Crippen LogP contribution in [-0.4, -0.2) is 59.2 Å². The molecule has 1 aliphatic carbocycles. The van der Waals surface area contributed by atoms with Crippen molar-refractivity contribution < 1.29 is 23.8 Å². The second-order valence-electron chi connectivity index (χ2n) is 15.6. The van der Waals surface area contributed by atoms with Crippen molar-refractivity contribution in [2.45, 2.75) is 64.8 Å². The SMILES string of the molecule is CCOc1nc2cccc(C(=O)OC(C)OC(=O)C3CCCC3)c2n1Cc1ccc(-n2cc(C)cc2-c2nnnn2C(c2ccccc2)(c2ccccc2)c2ccccc2)cc1. The number of nitrogens with zero attached hydrogens (tertiary/aromatic N) is 7. The number of aryl methyl sites for hydroxylation is 1. The summed E-state index contributed by atoms with van der Waals surface area (Å²) >= 11 is 0. The highest BCUT2D eigenvalue weighted by Crippen LogP contribution is 2.42. The third-order valence-corrected chi connectivity index (χ3v) is 11.6. The molecular formula is C50H47N7O5. The van der Waals surface area contributed by atoms with Gasteiger partial charge >= 0.3 is 11.9 Å². The van der Waals surface area contributed by atoms with Gasteiger partial charge in [0.15, 0.2) is 0 Å². The average Bonchev–Trinajstić information content (AvgIpc) is 4.14. The lowest BCUT2D eigenvalue weighted by Gasteiger charge is -2.36. The smallest absolute Gasteiger partial charge is 0.343 e. The van der Waals surface area contributed by atoms with E-state index in [1.807, 2.05) is 89.0 Å². The van der Waals surface area contributed by atoms with Crippen LogP contribution in [0.4, 0.5) is 0 Å². The number of fused-ring (bicyclic) bond motifs is 1. The Morgan fingerprint density at radius 1 is 0.790 bits per heavy atom. The van der Waals surface area contributed by atoms with Crippen molar-refractivity contribution in [3.05, 3.63) is 179 Å². The fourth-order valence-electron chi connectivity index (χ4n) is 8.78. The minimum atomic E-state index is -1.04. The maximum absolute atomic E-state index is 13.7. The predicted octanol–water partition coefficient (Wildman–Crippen LogP) is 9.31. The number of benzene rings is 5. The molecule has 5 aromatic carbocycles. The number of tetrazole rings is 1. The van der Waals surface area contributed by atoms with E-state index in [-0.39, 0.29) is 11.9 Å². The van der Waals surface area contributed by atoms with Gasteiger partial charge in [0.25, 0.3) is 6.01 Å². The van der Waals surface area contributed by atoms with Crippen molar-refractivity contribution in [2.75, 3.05) is 6.61 Å². The largest absolute Gasteiger partial charge is 0.465 e. The van der Waals surface area contributed by atoms with Gasteiger partial charge in [0.2, 0.25) is 12.1 Å². The molecule has 62 heavy (non-hydrogen) atoms. The first kappa shape index (κ1) is 40.1. The number of aromatic nitrogens is 7. The van der Waals surface area contributed by atoms with Crippen LogP contribution in [0, 0.1) is 12.8 Å². The Hall–Kier alpha value is -7.34. The molecule has 1 saturated carbocycles. The van der Waals surface area contributed by atoms with Crippen molar-refractivity contribution in [3.63, 3.8) is 0 Å². The number of para-hydroxylation sites is 1. The van der Waals surface area contributed by atoms with E-state index in [1.165, 1.54) is 0 Å². The molecule has 12 nitrogen and oxygen atoms in total. The Labute approximate surface area is 359 Å². The van der Waals surface area contributed by atoms with Crippen molar-refractivity contribution in [1.29, 1.82) is 0 Å². The van der Waals surface area contributed by atoms with Gasteiger partial charge in [0.05, 0.1) is 41.4 Å². The van der Waals surface area contributed by atoms with Gasteiger partial charge in [-0.05, 0) is 95.3 Å². The van der Waals surface area contributed by atoms with E-state index >= 15 is 0 Å². The number of carbonyl (C=O) groups excluding carboxylic acids is 2. The van der Waals surface area contributed by atoms with Crippen molar-refractivity contribution in [2.24, 2.45) is 5.92 Å². The van der Waals surface area contributed by atoms with Crippen LogP contribution < -0.4 is 4.74 Å². The third kappa shape index (κ3) is 7.53. The first-order chi connectivity index (χ1) is 30.3. The van der Waals surface area contributed by atoms with Crippen LogP contribution in [-0.2, 0) is 26.4 Å². The van der Waals surface area contributed by atoms with Gasteiger partial charge in [-0.15, -0.1) is 5.10 Å². The summed E-state index contributed by atoms with van der Waals surface area (Å²) < 4.78 is 23.2. The number of hydrogen-bond acceptors (Lipinski definition) is 9. The monoisotopic (exact) mass is 825 g/mol. The molecule has 0 spiro atoms. The van der Waals surface area contributed by atoms with E-state index < -0.39 is 17.8 Å². The van der Waals surface area contributed by atoms with Gasteiger partial charge in [-0.3, -0.25) is 9.36 Å². The summed E-state index contributed by atoms with van der Waals surface area (Å²) in [5.74, 6) is -0.499. The van der Waals surface area contributed by atoms with E-state index in [0.29, 0.717) is 41.6 Å². The molecule has 1 unspecified atom stereocenters. The van der Waals surface area contributed by atoms with Crippen LogP contribution >= 0.6 is 0 Å². The number of esters is 2. The molecule has 312 valence electrons. The minimum Gasteiger partial charge on any atom is -0.465 e. The first-order valence-electron chi connectivity index (χ1n) is 21.1. The molecule has 1 atom stereocenters. The fourth-order valence-corrected chi connectivity index (χ4v) is 8.78. The maximum Gasteiger partial charge on any atom is 0.343 e. The lowest BCUT2D eigenvalue weighted by Crippen LogP contribution is -2.39. The average molecular weight is 826 g/mol. The Morgan fingerprint density at radius 3 is 2.03 bits per heavy atom. The van der Waals surface area contributed by atoms with Gasteiger partial charge in [-0.1, -0.05) is 122 Å². The highest BCUT2D eigenvalue weighted by molar-refractivity contribution is 6.02. The Morgan fingerprint density at radius 2 is 1.42 bits per heavy atom. The molecule has 9 rings (SSSR count). The first-order valence-corrected chi connectivity index (χ1v) is 21.1. The quantitative estimate of drug-likeness (QED) is 0.0599. The van der Waals surface area contributed by atoms with Gasteiger partial charge in [-0.2, -0.15) is 4.98 Å². The summed E-state index contributed by atoms with van der Waals surface area (Å²) in [7, 11) is 0. The molecule has 1 fully saturated rings. The Balaban J connectivity index is 1.06. The zero-order chi connectivity index (χ0) is 42.6. The topological polar surface area (TPSA) is 128 Å².